The van der Waals surface area contributed by atoms with Crippen LogP contribution < -0.4 is 10.3 Å². The monoisotopic (exact) mass is 385 g/mol. The van der Waals surface area contributed by atoms with E-state index in [2.05, 4.69) is 4.98 Å². The second-order valence-corrected chi connectivity index (χ2v) is 6.65. The Bertz CT molecular complexity index is 1030. The molecule has 0 unspecified atom stereocenters. The Balaban J connectivity index is 1.68. The molecule has 0 radical (unpaired) electrons. The molecule has 0 aliphatic carbocycles. The molecular weight excluding hydrogens is 366 g/mol. The van der Waals surface area contributed by atoms with Gasteiger partial charge in [0.2, 0.25) is 5.91 Å². The van der Waals surface area contributed by atoms with Crippen LogP contribution in [-0.4, -0.2) is 34.5 Å². The van der Waals surface area contributed by atoms with E-state index in [1.807, 2.05) is 6.07 Å². The van der Waals surface area contributed by atoms with E-state index in [1.165, 1.54) is 10.9 Å². The average molecular weight is 386 g/mol. The SMILES string of the molecule is COc1ccc(Cl)cc1CN(C)C(=O)CCn1cnc2ccccc2c1=O. The van der Waals surface area contributed by atoms with Crippen molar-refractivity contribution in [2.45, 2.75) is 19.5 Å². The minimum atomic E-state index is -0.146. The number of fused-ring (bicyclic) bond motifs is 1. The summed E-state index contributed by atoms with van der Waals surface area (Å²) in [6.45, 7) is 0.639. The molecule has 2 aromatic carbocycles. The second kappa shape index (κ2) is 8.22. The summed E-state index contributed by atoms with van der Waals surface area (Å²) in [5.41, 5.74) is 1.33. The van der Waals surface area contributed by atoms with Crippen molar-refractivity contribution in [2.24, 2.45) is 0 Å². The smallest absolute Gasteiger partial charge is 0.261 e. The van der Waals surface area contributed by atoms with Gasteiger partial charge in [0.25, 0.3) is 5.56 Å². The molecule has 0 fully saturated rings. The first-order valence-corrected chi connectivity index (χ1v) is 8.88. The Morgan fingerprint density at radius 3 is 2.81 bits per heavy atom. The van der Waals surface area contributed by atoms with Crippen LogP contribution in [0.15, 0.2) is 53.6 Å². The lowest BCUT2D eigenvalue weighted by molar-refractivity contribution is -0.130. The van der Waals surface area contributed by atoms with Gasteiger partial charge in [-0.1, -0.05) is 23.7 Å². The topological polar surface area (TPSA) is 64.4 Å². The van der Waals surface area contributed by atoms with Gasteiger partial charge >= 0.3 is 0 Å². The van der Waals surface area contributed by atoms with Crippen LogP contribution >= 0.6 is 11.6 Å². The van der Waals surface area contributed by atoms with Gasteiger partial charge in [-0.25, -0.2) is 4.98 Å². The number of halogens is 1. The number of carbonyl (C=O) groups excluding carboxylic acids is 1. The van der Waals surface area contributed by atoms with E-state index in [0.717, 1.165) is 5.56 Å². The largest absolute Gasteiger partial charge is 0.496 e. The molecule has 1 amide bonds. The lowest BCUT2D eigenvalue weighted by Gasteiger charge is -2.19. The van der Waals surface area contributed by atoms with Crippen LogP contribution in [0.4, 0.5) is 0 Å². The minimum absolute atomic E-state index is 0.0860. The molecule has 27 heavy (non-hydrogen) atoms. The molecule has 140 valence electrons. The number of rotatable bonds is 6. The van der Waals surface area contributed by atoms with Gasteiger partial charge in [-0.2, -0.15) is 0 Å². The molecule has 1 aromatic heterocycles. The van der Waals surface area contributed by atoms with Crippen LogP contribution in [0.25, 0.3) is 10.9 Å². The van der Waals surface area contributed by atoms with Gasteiger partial charge in [0, 0.05) is 37.1 Å². The highest BCUT2D eigenvalue weighted by Gasteiger charge is 2.13. The van der Waals surface area contributed by atoms with Crippen molar-refractivity contribution >= 4 is 28.4 Å². The quantitative estimate of drug-likeness (QED) is 0.654. The van der Waals surface area contributed by atoms with E-state index in [9.17, 15) is 9.59 Å². The van der Waals surface area contributed by atoms with Crippen molar-refractivity contribution in [1.82, 2.24) is 14.5 Å². The van der Waals surface area contributed by atoms with Crippen LogP contribution in [0.1, 0.15) is 12.0 Å². The Hall–Kier alpha value is -2.86. The van der Waals surface area contributed by atoms with E-state index < -0.39 is 0 Å². The molecule has 1 heterocycles. The number of carbonyl (C=O) groups is 1. The number of nitrogens with zero attached hydrogens (tertiary/aromatic N) is 3. The molecule has 0 N–H and O–H groups in total. The minimum Gasteiger partial charge on any atom is -0.496 e. The number of methoxy groups -OCH3 is 1. The number of benzene rings is 2. The number of aryl methyl sites for hydroxylation is 1. The van der Waals surface area contributed by atoms with Crippen LogP contribution in [0.3, 0.4) is 0 Å². The first-order valence-electron chi connectivity index (χ1n) is 8.50. The fourth-order valence-electron chi connectivity index (χ4n) is 2.89. The maximum absolute atomic E-state index is 12.5. The van der Waals surface area contributed by atoms with Crippen molar-refractivity contribution in [3.63, 3.8) is 0 Å². The van der Waals surface area contributed by atoms with E-state index in [1.54, 1.807) is 55.5 Å². The first-order chi connectivity index (χ1) is 13.0. The second-order valence-electron chi connectivity index (χ2n) is 6.22. The zero-order chi connectivity index (χ0) is 19.4. The van der Waals surface area contributed by atoms with Crippen molar-refractivity contribution in [1.29, 1.82) is 0 Å². The van der Waals surface area contributed by atoms with Crippen molar-refractivity contribution < 1.29 is 9.53 Å². The summed E-state index contributed by atoms with van der Waals surface area (Å²) >= 11 is 6.04. The van der Waals surface area contributed by atoms with Gasteiger partial charge in [0.1, 0.15) is 5.75 Å². The third kappa shape index (κ3) is 4.28. The van der Waals surface area contributed by atoms with Crippen molar-refractivity contribution in [3.8, 4) is 5.75 Å². The Labute approximate surface area is 162 Å². The summed E-state index contributed by atoms with van der Waals surface area (Å²) in [6.07, 6.45) is 1.68. The van der Waals surface area contributed by atoms with Crippen LogP contribution in [-0.2, 0) is 17.9 Å². The summed E-state index contributed by atoms with van der Waals surface area (Å²) < 4.78 is 6.78. The van der Waals surface area contributed by atoms with E-state index >= 15 is 0 Å². The fraction of sp³-hybridized carbons (Fsp3) is 0.250. The van der Waals surface area contributed by atoms with E-state index in [-0.39, 0.29) is 24.4 Å². The highest BCUT2D eigenvalue weighted by atomic mass is 35.5. The number of ether oxygens (including phenoxy) is 1. The van der Waals surface area contributed by atoms with Crippen LogP contribution in [0.5, 0.6) is 5.75 Å². The normalized spacial score (nSPS) is 10.8. The van der Waals surface area contributed by atoms with Gasteiger partial charge < -0.3 is 9.64 Å². The molecule has 3 aromatic rings. The molecule has 0 aliphatic rings. The molecule has 7 heteroatoms. The zero-order valence-corrected chi connectivity index (χ0v) is 15.9. The summed E-state index contributed by atoms with van der Waals surface area (Å²) in [7, 11) is 3.29. The average Bonchev–Trinajstić information content (AvgIpc) is 2.67. The number of aromatic nitrogens is 2. The Morgan fingerprint density at radius 1 is 1.26 bits per heavy atom. The van der Waals surface area contributed by atoms with E-state index in [0.29, 0.717) is 28.2 Å². The van der Waals surface area contributed by atoms with Gasteiger partial charge in [0.15, 0.2) is 0 Å². The molecule has 0 spiro atoms. The van der Waals surface area contributed by atoms with Crippen LogP contribution in [0, 0.1) is 0 Å². The van der Waals surface area contributed by atoms with E-state index in [4.69, 9.17) is 16.3 Å². The fourth-order valence-corrected chi connectivity index (χ4v) is 3.08. The number of para-hydroxylation sites is 1. The van der Waals surface area contributed by atoms with Crippen molar-refractivity contribution in [3.05, 3.63) is 69.7 Å². The molecule has 0 atom stereocenters. The van der Waals surface area contributed by atoms with Crippen LogP contribution in [0.2, 0.25) is 5.02 Å². The van der Waals surface area contributed by atoms with Crippen molar-refractivity contribution in [2.75, 3.05) is 14.2 Å². The Morgan fingerprint density at radius 2 is 2.04 bits per heavy atom. The van der Waals surface area contributed by atoms with Gasteiger partial charge in [-0.15, -0.1) is 0 Å². The summed E-state index contributed by atoms with van der Waals surface area (Å²) in [5.74, 6) is 0.589. The maximum Gasteiger partial charge on any atom is 0.261 e. The molecule has 6 nitrogen and oxygen atoms in total. The van der Waals surface area contributed by atoms with Gasteiger partial charge in [-0.05, 0) is 30.3 Å². The summed E-state index contributed by atoms with van der Waals surface area (Å²) in [5, 5.41) is 1.13. The standard InChI is InChI=1S/C20H20ClN3O3/c1-23(12-14-11-15(21)7-8-18(14)27-2)19(25)9-10-24-13-22-17-6-4-3-5-16(17)20(24)26/h3-8,11,13H,9-10,12H2,1-2H3. The maximum atomic E-state index is 12.5. The third-order valence-electron chi connectivity index (χ3n) is 4.37. The molecular formula is C20H20ClN3O3. The van der Waals surface area contributed by atoms with Gasteiger partial charge in [-0.3, -0.25) is 14.2 Å². The summed E-state index contributed by atoms with van der Waals surface area (Å²) in [4.78, 5) is 30.8. The number of hydrogen-bond acceptors (Lipinski definition) is 4. The molecule has 0 saturated carbocycles. The molecule has 0 saturated heterocycles. The molecule has 0 aliphatic heterocycles. The third-order valence-corrected chi connectivity index (χ3v) is 4.61. The number of hydrogen-bond donors (Lipinski definition) is 0. The zero-order valence-electron chi connectivity index (χ0n) is 15.2. The Kier molecular flexibility index (Phi) is 5.76. The highest BCUT2D eigenvalue weighted by molar-refractivity contribution is 6.30. The number of amides is 1. The summed E-state index contributed by atoms with van der Waals surface area (Å²) in [6, 6.07) is 12.5. The van der Waals surface area contributed by atoms with Gasteiger partial charge in [0.05, 0.1) is 24.3 Å². The lowest BCUT2D eigenvalue weighted by Crippen LogP contribution is -2.29. The highest BCUT2D eigenvalue weighted by Crippen LogP contribution is 2.23. The molecule has 3 rings (SSSR count). The predicted molar refractivity (Wildman–Crippen MR) is 105 cm³/mol. The lowest BCUT2D eigenvalue weighted by atomic mass is 10.2. The molecule has 0 bridgehead atoms. The first kappa shape index (κ1) is 18.9. The predicted octanol–water partition coefficient (Wildman–Crippen LogP) is 3.11.